The second-order valence-electron chi connectivity index (χ2n) is 7.18. The fourth-order valence-electron chi connectivity index (χ4n) is 3.46. The van der Waals surface area contributed by atoms with Crippen molar-refractivity contribution in [2.45, 2.75) is 43.7 Å². The minimum absolute atomic E-state index is 0.0240. The quantitative estimate of drug-likeness (QED) is 0.504. The summed E-state index contributed by atoms with van der Waals surface area (Å²) in [5.41, 5.74) is 1.76. The largest absolute Gasteiger partial charge is 0.495 e. The zero-order valence-electron chi connectivity index (χ0n) is 17.2. The van der Waals surface area contributed by atoms with Gasteiger partial charge in [0, 0.05) is 11.6 Å². The van der Waals surface area contributed by atoms with Crippen LogP contribution in [0.4, 0.5) is 0 Å². The average molecular weight is 467 g/mol. The van der Waals surface area contributed by atoms with Crippen LogP contribution in [-0.4, -0.2) is 60.0 Å². The molecule has 2 N–H and O–H groups in total. The Hall–Kier alpha value is -2.54. The molecule has 0 aliphatic heterocycles. The van der Waals surface area contributed by atoms with E-state index >= 15 is 0 Å². The zero-order chi connectivity index (χ0) is 22.3. The molecule has 31 heavy (non-hydrogen) atoms. The fraction of sp³-hybridized carbons (Fsp3) is 0.421. The normalized spacial score (nSPS) is 18.7. The number of imidazole rings is 1. The number of sulfonamides is 1. The topological polar surface area (TPSA) is 132 Å². The van der Waals surface area contributed by atoms with E-state index < -0.39 is 22.1 Å². The number of aryl methyl sites for hydroxylation is 1. The number of ether oxygens (including phenoxy) is 2. The van der Waals surface area contributed by atoms with Gasteiger partial charge in [0.05, 0.1) is 31.2 Å². The number of hydrogen-bond acceptors (Lipinski definition) is 9. The number of aliphatic hydroxyl groups excluding tert-OH is 1. The molecule has 1 aliphatic rings. The lowest BCUT2D eigenvalue weighted by molar-refractivity contribution is 0.0524. The van der Waals surface area contributed by atoms with Crippen molar-refractivity contribution in [1.29, 1.82) is 0 Å². The number of carbonyl (C=O) groups excluding carboxylic acids is 1. The number of carbonyl (C=O) groups is 1. The molecule has 12 heteroatoms. The molecular formula is C19H22N4O6S2. The zero-order valence-corrected chi connectivity index (χ0v) is 18.8. The number of esters is 1. The standard InChI is InChI=1S/C19H22N4O6S2/c1-4-29-18(25)17-21-23-16(10(2)20-19(23)30-17)11-5-6-14(28-3)15(7-11)31(26,27)22-12-8-13(24)9-12/h5-7,12-13,22,24H,4,8-9H2,1-3H3/t12-,13-. The summed E-state index contributed by atoms with van der Waals surface area (Å²) in [6.07, 6.45) is 0.264. The van der Waals surface area contributed by atoms with Gasteiger partial charge in [-0.2, -0.15) is 0 Å². The van der Waals surface area contributed by atoms with E-state index in [1.807, 2.05) is 0 Å². The van der Waals surface area contributed by atoms with Gasteiger partial charge < -0.3 is 14.6 Å². The van der Waals surface area contributed by atoms with Crippen LogP contribution in [0.5, 0.6) is 5.75 Å². The summed E-state index contributed by atoms with van der Waals surface area (Å²) in [6.45, 7) is 3.73. The van der Waals surface area contributed by atoms with Gasteiger partial charge in [-0.25, -0.2) is 27.4 Å². The van der Waals surface area contributed by atoms with Crippen molar-refractivity contribution in [3.63, 3.8) is 0 Å². The molecule has 10 nitrogen and oxygen atoms in total. The van der Waals surface area contributed by atoms with Crippen molar-refractivity contribution >= 4 is 32.3 Å². The van der Waals surface area contributed by atoms with E-state index in [4.69, 9.17) is 9.47 Å². The summed E-state index contributed by atoms with van der Waals surface area (Å²) in [4.78, 5) is 17.0. The summed E-state index contributed by atoms with van der Waals surface area (Å²) < 4.78 is 40.4. The molecule has 0 unspecified atom stereocenters. The van der Waals surface area contributed by atoms with E-state index in [0.717, 1.165) is 11.3 Å². The Labute approximate surface area is 182 Å². The summed E-state index contributed by atoms with van der Waals surface area (Å²) >= 11 is 1.10. The lowest BCUT2D eigenvalue weighted by Gasteiger charge is -2.31. The van der Waals surface area contributed by atoms with Crippen LogP contribution in [0.2, 0.25) is 0 Å². The molecule has 2 aromatic heterocycles. The van der Waals surface area contributed by atoms with Gasteiger partial charge in [-0.1, -0.05) is 11.3 Å². The van der Waals surface area contributed by atoms with Crippen LogP contribution in [0.25, 0.3) is 16.2 Å². The molecule has 1 fully saturated rings. The third kappa shape index (κ3) is 4.03. The van der Waals surface area contributed by atoms with Gasteiger partial charge >= 0.3 is 5.97 Å². The lowest BCUT2D eigenvalue weighted by atomic mass is 9.91. The van der Waals surface area contributed by atoms with E-state index in [-0.39, 0.29) is 28.3 Å². The van der Waals surface area contributed by atoms with E-state index in [1.165, 1.54) is 17.7 Å². The van der Waals surface area contributed by atoms with Crippen LogP contribution in [-0.2, 0) is 14.8 Å². The number of hydrogen-bond donors (Lipinski definition) is 2. The first-order valence-electron chi connectivity index (χ1n) is 9.65. The number of aliphatic hydroxyl groups is 1. The van der Waals surface area contributed by atoms with E-state index in [1.54, 1.807) is 26.0 Å². The number of methoxy groups -OCH3 is 1. The smallest absolute Gasteiger partial charge is 0.369 e. The molecule has 166 valence electrons. The second kappa shape index (κ2) is 8.19. The molecule has 3 aromatic rings. The van der Waals surface area contributed by atoms with Crippen LogP contribution >= 0.6 is 11.3 Å². The van der Waals surface area contributed by atoms with Crippen molar-refractivity contribution in [2.75, 3.05) is 13.7 Å². The van der Waals surface area contributed by atoms with Crippen molar-refractivity contribution in [3.8, 4) is 17.0 Å². The van der Waals surface area contributed by atoms with Crippen molar-refractivity contribution < 1.29 is 27.8 Å². The Morgan fingerprint density at radius 2 is 2.13 bits per heavy atom. The van der Waals surface area contributed by atoms with Crippen LogP contribution in [0.1, 0.15) is 35.3 Å². The fourth-order valence-corrected chi connectivity index (χ4v) is 5.75. The molecule has 0 radical (unpaired) electrons. The predicted octanol–water partition coefficient (Wildman–Crippen LogP) is 1.75. The monoisotopic (exact) mass is 466 g/mol. The maximum atomic E-state index is 13.0. The number of benzene rings is 1. The van der Waals surface area contributed by atoms with Crippen LogP contribution in [0.15, 0.2) is 23.1 Å². The first-order valence-corrected chi connectivity index (χ1v) is 12.0. The maximum absolute atomic E-state index is 13.0. The molecule has 0 spiro atoms. The summed E-state index contributed by atoms with van der Waals surface area (Å²) in [5, 5.41) is 13.9. The third-order valence-corrected chi connectivity index (χ3v) is 7.42. The Kier molecular flexibility index (Phi) is 5.73. The van der Waals surface area contributed by atoms with Crippen molar-refractivity contribution in [1.82, 2.24) is 19.3 Å². The van der Waals surface area contributed by atoms with Gasteiger partial charge in [-0.05, 0) is 44.9 Å². The minimum Gasteiger partial charge on any atom is -0.495 e. The molecule has 4 rings (SSSR count). The van der Waals surface area contributed by atoms with Crippen molar-refractivity contribution in [2.24, 2.45) is 0 Å². The van der Waals surface area contributed by atoms with Gasteiger partial charge in [0.25, 0.3) is 0 Å². The van der Waals surface area contributed by atoms with Gasteiger partial charge in [0.1, 0.15) is 10.6 Å². The summed E-state index contributed by atoms with van der Waals surface area (Å²) in [7, 11) is -2.49. The molecule has 1 aromatic carbocycles. The second-order valence-corrected chi connectivity index (χ2v) is 9.82. The van der Waals surface area contributed by atoms with Gasteiger partial charge in [-0.3, -0.25) is 0 Å². The molecule has 0 bridgehead atoms. The number of fused-ring (bicyclic) bond motifs is 1. The summed E-state index contributed by atoms with van der Waals surface area (Å²) in [5.74, 6) is -0.341. The molecule has 0 saturated heterocycles. The molecule has 1 aliphatic carbocycles. The highest BCUT2D eigenvalue weighted by Gasteiger charge is 2.33. The highest BCUT2D eigenvalue weighted by atomic mass is 32.2. The first-order chi connectivity index (χ1) is 14.7. The Bertz CT molecular complexity index is 1240. The SMILES string of the molecule is CCOC(=O)c1nn2c(-c3ccc(OC)c(S(=O)(=O)N[C@H]4C[C@H](O)C4)c3)c(C)nc2s1. The Balaban J connectivity index is 1.76. The molecule has 0 amide bonds. The maximum Gasteiger partial charge on any atom is 0.369 e. The minimum atomic E-state index is -3.89. The number of rotatable bonds is 7. The van der Waals surface area contributed by atoms with Gasteiger partial charge in [-0.15, -0.1) is 5.10 Å². The first kappa shape index (κ1) is 21.7. The molecule has 1 saturated carbocycles. The van der Waals surface area contributed by atoms with E-state index in [2.05, 4.69) is 14.8 Å². The predicted molar refractivity (Wildman–Crippen MR) is 113 cm³/mol. The van der Waals surface area contributed by atoms with E-state index in [9.17, 15) is 18.3 Å². The lowest BCUT2D eigenvalue weighted by Crippen LogP contribution is -2.46. The van der Waals surface area contributed by atoms with Gasteiger partial charge in [0.15, 0.2) is 0 Å². The van der Waals surface area contributed by atoms with Gasteiger partial charge in [0.2, 0.25) is 20.0 Å². The molecule has 0 atom stereocenters. The van der Waals surface area contributed by atoms with Crippen LogP contribution < -0.4 is 9.46 Å². The highest BCUT2D eigenvalue weighted by molar-refractivity contribution is 7.89. The summed E-state index contributed by atoms with van der Waals surface area (Å²) in [6, 6.07) is 4.46. The van der Waals surface area contributed by atoms with Crippen molar-refractivity contribution in [3.05, 3.63) is 28.9 Å². The number of nitrogens with one attached hydrogen (secondary N) is 1. The third-order valence-electron chi connectivity index (χ3n) is 4.99. The molecule has 2 heterocycles. The van der Waals surface area contributed by atoms with E-state index in [0.29, 0.717) is 34.8 Å². The van der Waals surface area contributed by atoms with Crippen LogP contribution in [0.3, 0.4) is 0 Å². The highest BCUT2D eigenvalue weighted by Crippen LogP contribution is 2.34. The number of aromatic nitrogens is 3. The van der Waals surface area contributed by atoms with Crippen LogP contribution in [0, 0.1) is 6.92 Å². The average Bonchev–Trinajstić information content (AvgIpc) is 3.23. The Morgan fingerprint density at radius 3 is 2.77 bits per heavy atom. The Morgan fingerprint density at radius 1 is 1.39 bits per heavy atom. The molecular weight excluding hydrogens is 444 g/mol. The number of nitrogens with zero attached hydrogens (tertiary/aromatic N) is 3.